The molecule has 0 aromatic carbocycles. The van der Waals surface area contributed by atoms with E-state index < -0.39 is 11.4 Å². The normalized spacial score (nSPS) is 41.7. The number of aliphatic carboxylic acids is 1. The first-order valence-corrected chi connectivity index (χ1v) is 9.80. The summed E-state index contributed by atoms with van der Waals surface area (Å²) in [6, 6.07) is 0. The summed E-state index contributed by atoms with van der Waals surface area (Å²) in [5, 5.41) is 9.18. The highest BCUT2D eigenvalue weighted by atomic mass is 16.6. The number of carboxylic acid groups (broad SMARTS) is 1. The predicted molar refractivity (Wildman–Crippen MR) is 93.2 cm³/mol. The number of esters is 2. The van der Waals surface area contributed by atoms with E-state index in [1.807, 2.05) is 6.92 Å². The maximum Gasteiger partial charge on any atom is 0.306 e. The quantitative estimate of drug-likeness (QED) is 0.751. The Morgan fingerprint density at radius 1 is 1.27 bits per heavy atom. The van der Waals surface area contributed by atoms with E-state index in [1.54, 1.807) is 6.92 Å². The largest absolute Gasteiger partial charge is 0.481 e. The van der Waals surface area contributed by atoms with Crippen LogP contribution in [0.2, 0.25) is 0 Å². The van der Waals surface area contributed by atoms with Gasteiger partial charge in [0.15, 0.2) is 0 Å². The molecule has 0 amide bonds. The van der Waals surface area contributed by atoms with Crippen LogP contribution < -0.4 is 0 Å². The number of hydrogen-bond acceptors (Lipinski definition) is 5. The van der Waals surface area contributed by atoms with Crippen LogP contribution in [0.1, 0.15) is 72.1 Å². The van der Waals surface area contributed by atoms with Crippen LogP contribution >= 0.6 is 0 Å². The topological polar surface area (TPSA) is 89.9 Å². The first kappa shape index (κ1) is 19.2. The average Bonchev–Trinajstić information content (AvgIpc) is 2.89. The Balaban J connectivity index is 1.91. The highest BCUT2D eigenvalue weighted by molar-refractivity contribution is 5.71. The van der Waals surface area contributed by atoms with E-state index in [-0.39, 0.29) is 41.9 Å². The second kappa shape index (κ2) is 6.86. The van der Waals surface area contributed by atoms with Crippen molar-refractivity contribution in [2.75, 3.05) is 0 Å². The molecule has 6 atom stereocenters. The van der Waals surface area contributed by atoms with Crippen molar-refractivity contribution >= 4 is 17.9 Å². The summed E-state index contributed by atoms with van der Waals surface area (Å²) in [5.41, 5.74) is -0.603. The Morgan fingerprint density at radius 2 is 2.00 bits per heavy atom. The Hall–Kier alpha value is -1.59. The van der Waals surface area contributed by atoms with Crippen molar-refractivity contribution in [2.45, 2.75) is 84.3 Å². The highest BCUT2D eigenvalue weighted by Gasteiger charge is 2.63. The fourth-order valence-corrected chi connectivity index (χ4v) is 6.00. The fraction of sp³-hybridized carbons (Fsp3) is 0.850. The molecule has 6 nitrogen and oxygen atoms in total. The number of hydrogen-bond donors (Lipinski definition) is 1. The monoisotopic (exact) mass is 366 g/mol. The van der Waals surface area contributed by atoms with Gasteiger partial charge in [0.25, 0.3) is 0 Å². The molecule has 146 valence electrons. The average molecular weight is 366 g/mol. The Bertz CT molecular complexity index is 601. The molecule has 1 heterocycles. The summed E-state index contributed by atoms with van der Waals surface area (Å²) < 4.78 is 11.6. The summed E-state index contributed by atoms with van der Waals surface area (Å²) in [6.45, 7) is 6.03. The van der Waals surface area contributed by atoms with Gasteiger partial charge < -0.3 is 14.6 Å². The zero-order chi connectivity index (χ0) is 19.1. The summed E-state index contributed by atoms with van der Waals surface area (Å²) >= 11 is 0. The van der Waals surface area contributed by atoms with Crippen LogP contribution in [0.3, 0.4) is 0 Å². The molecule has 0 spiro atoms. The van der Waals surface area contributed by atoms with Crippen LogP contribution in [-0.4, -0.2) is 35.2 Å². The third-order valence-corrected chi connectivity index (χ3v) is 7.11. The number of fused-ring (bicyclic) bond motifs is 3. The van der Waals surface area contributed by atoms with Gasteiger partial charge in [0, 0.05) is 36.0 Å². The van der Waals surface area contributed by atoms with Gasteiger partial charge in [0.2, 0.25) is 0 Å². The summed E-state index contributed by atoms with van der Waals surface area (Å²) in [4.78, 5) is 35.1. The zero-order valence-corrected chi connectivity index (χ0v) is 16.0. The third kappa shape index (κ3) is 3.23. The van der Waals surface area contributed by atoms with Crippen molar-refractivity contribution in [3.63, 3.8) is 0 Å². The minimum Gasteiger partial charge on any atom is -0.481 e. The van der Waals surface area contributed by atoms with Crippen molar-refractivity contribution < 1.29 is 29.0 Å². The van der Waals surface area contributed by atoms with Gasteiger partial charge in [-0.05, 0) is 38.0 Å². The molecule has 1 saturated heterocycles. The van der Waals surface area contributed by atoms with Gasteiger partial charge in [-0.2, -0.15) is 0 Å². The van der Waals surface area contributed by atoms with Crippen LogP contribution in [0, 0.1) is 22.7 Å². The summed E-state index contributed by atoms with van der Waals surface area (Å²) in [7, 11) is 0. The number of carbonyl (C=O) groups excluding carboxylic acids is 2. The number of ether oxygens (including phenoxy) is 2. The van der Waals surface area contributed by atoms with Crippen LogP contribution in [0.5, 0.6) is 0 Å². The molecule has 2 saturated carbocycles. The van der Waals surface area contributed by atoms with Gasteiger partial charge in [-0.25, -0.2) is 0 Å². The second-order valence-corrected chi connectivity index (χ2v) is 8.86. The standard InChI is InChI=1S/C20H30O6/c1-4-16(23)25-14-7-6-13-12-5-8-17(24)26-18(12)19(2,10-9-15(21)22)11-20(13,14)3/h12-14,18H,4-11H2,1-3H3,(H,21,22). The van der Waals surface area contributed by atoms with E-state index in [9.17, 15) is 19.5 Å². The minimum absolute atomic E-state index is 0.0530. The lowest BCUT2D eigenvalue weighted by Gasteiger charge is -2.57. The fourth-order valence-electron chi connectivity index (χ4n) is 6.00. The molecular formula is C20H30O6. The number of carbonyl (C=O) groups is 3. The van der Waals surface area contributed by atoms with Gasteiger partial charge in [-0.15, -0.1) is 0 Å². The maximum atomic E-state index is 12.0. The van der Waals surface area contributed by atoms with E-state index in [0.29, 0.717) is 31.6 Å². The molecule has 0 radical (unpaired) electrons. The molecule has 3 fully saturated rings. The smallest absolute Gasteiger partial charge is 0.306 e. The molecule has 3 rings (SSSR count). The second-order valence-electron chi connectivity index (χ2n) is 8.86. The molecule has 1 aliphatic heterocycles. The lowest BCUT2D eigenvalue weighted by molar-refractivity contribution is -0.203. The first-order valence-electron chi connectivity index (χ1n) is 9.80. The molecule has 1 N–H and O–H groups in total. The summed E-state index contributed by atoms with van der Waals surface area (Å²) in [5.74, 6) is -0.633. The first-order chi connectivity index (χ1) is 12.2. The van der Waals surface area contributed by atoms with Gasteiger partial charge >= 0.3 is 17.9 Å². The summed E-state index contributed by atoms with van der Waals surface area (Å²) in [6.07, 6.45) is 4.22. The minimum atomic E-state index is -0.836. The van der Waals surface area contributed by atoms with E-state index in [2.05, 4.69) is 6.92 Å². The Kier molecular flexibility index (Phi) is 5.06. The van der Waals surface area contributed by atoms with Crippen LogP contribution in [0.4, 0.5) is 0 Å². The van der Waals surface area contributed by atoms with Crippen LogP contribution in [0.15, 0.2) is 0 Å². The molecule has 0 bridgehead atoms. The van der Waals surface area contributed by atoms with Gasteiger partial charge in [0.1, 0.15) is 12.2 Å². The lowest BCUT2D eigenvalue weighted by atomic mass is 9.51. The third-order valence-electron chi connectivity index (χ3n) is 7.11. The van der Waals surface area contributed by atoms with Crippen molar-refractivity contribution in [3.8, 4) is 0 Å². The van der Waals surface area contributed by atoms with E-state index in [0.717, 1.165) is 19.3 Å². The van der Waals surface area contributed by atoms with Crippen LogP contribution in [0.25, 0.3) is 0 Å². The molecule has 26 heavy (non-hydrogen) atoms. The molecule has 0 aromatic rings. The predicted octanol–water partition coefficient (Wildman–Crippen LogP) is 3.32. The molecule has 0 aromatic heterocycles. The zero-order valence-electron chi connectivity index (χ0n) is 16.0. The number of rotatable bonds is 5. The lowest BCUT2D eigenvalue weighted by Crippen LogP contribution is -2.58. The van der Waals surface area contributed by atoms with Gasteiger partial charge in [-0.1, -0.05) is 20.8 Å². The number of carboxylic acids is 1. The van der Waals surface area contributed by atoms with E-state index >= 15 is 0 Å². The Labute approximate surface area is 154 Å². The maximum absolute atomic E-state index is 12.0. The van der Waals surface area contributed by atoms with E-state index in [4.69, 9.17) is 9.47 Å². The van der Waals surface area contributed by atoms with Crippen LogP contribution in [-0.2, 0) is 23.9 Å². The molecule has 2 aliphatic carbocycles. The van der Waals surface area contributed by atoms with Gasteiger partial charge in [0.05, 0.1) is 0 Å². The SMILES string of the molecule is CCC(=O)OC1CCC2C3CCC(=O)OC3C(C)(CCC(=O)O)CC12C. The van der Waals surface area contributed by atoms with Crippen molar-refractivity contribution in [1.29, 1.82) is 0 Å². The van der Waals surface area contributed by atoms with Crippen molar-refractivity contribution in [3.05, 3.63) is 0 Å². The van der Waals surface area contributed by atoms with Gasteiger partial charge in [-0.3, -0.25) is 14.4 Å². The van der Waals surface area contributed by atoms with Crippen molar-refractivity contribution in [1.82, 2.24) is 0 Å². The molecular weight excluding hydrogens is 336 g/mol. The van der Waals surface area contributed by atoms with Crippen molar-refractivity contribution in [2.24, 2.45) is 22.7 Å². The molecule has 6 unspecified atom stereocenters. The Morgan fingerprint density at radius 3 is 2.65 bits per heavy atom. The molecule has 3 aliphatic rings. The van der Waals surface area contributed by atoms with E-state index in [1.165, 1.54) is 0 Å². The molecule has 6 heteroatoms. The highest BCUT2D eigenvalue weighted by Crippen LogP contribution is 2.63.